The minimum atomic E-state index is 0.132. The largest absolute Gasteiger partial charge is 0.496 e. The molecule has 0 aliphatic carbocycles. The summed E-state index contributed by atoms with van der Waals surface area (Å²) in [7, 11) is 3.39. The van der Waals surface area contributed by atoms with E-state index in [0.717, 1.165) is 12.3 Å². The van der Waals surface area contributed by atoms with Crippen LogP contribution in [0.1, 0.15) is 29.7 Å². The fourth-order valence-corrected chi connectivity index (χ4v) is 2.39. The number of methoxy groups -OCH3 is 2. The maximum atomic E-state index is 5.68. The van der Waals surface area contributed by atoms with Crippen LogP contribution in [0.3, 0.4) is 0 Å². The molecule has 0 radical (unpaired) electrons. The molecule has 0 spiro atoms. The van der Waals surface area contributed by atoms with Gasteiger partial charge in [0.05, 0.1) is 33.0 Å². The van der Waals surface area contributed by atoms with E-state index in [0.29, 0.717) is 19.8 Å². The van der Waals surface area contributed by atoms with Crippen molar-refractivity contribution >= 4 is 0 Å². The first-order valence-electron chi connectivity index (χ1n) is 7.09. The molecule has 1 rings (SSSR count). The van der Waals surface area contributed by atoms with Crippen molar-refractivity contribution in [2.75, 3.05) is 40.6 Å². The molecule has 0 aliphatic heterocycles. The number of hydrogen-bond donors (Lipinski definition) is 1. The molecule has 0 aliphatic rings. The Labute approximate surface area is 122 Å². The minimum absolute atomic E-state index is 0.132. The van der Waals surface area contributed by atoms with Crippen LogP contribution in [-0.4, -0.2) is 40.6 Å². The summed E-state index contributed by atoms with van der Waals surface area (Å²) in [5.41, 5.74) is 3.61. The predicted molar refractivity (Wildman–Crippen MR) is 81.6 cm³/mol. The van der Waals surface area contributed by atoms with Crippen molar-refractivity contribution in [3.63, 3.8) is 0 Å². The summed E-state index contributed by atoms with van der Waals surface area (Å²) in [6, 6.07) is 4.38. The van der Waals surface area contributed by atoms with Crippen LogP contribution in [0, 0.1) is 13.8 Å². The summed E-state index contributed by atoms with van der Waals surface area (Å²) < 4.78 is 16.2. The van der Waals surface area contributed by atoms with E-state index >= 15 is 0 Å². The molecule has 1 aromatic carbocycles. The van der Waals surface area contributed by atoms with E-state index in [2.05, 4.69) is 38.2 Å². The van der Waals surface area contributed by atoms with Gasteiger partial charge in [-0.25, -0.2) is 0 Å². The SMILES string of the molecule is CCNC(COCCOC)c1c(C)cc(C)cc1OC. The van der Waals surface area contributed by atoms with Gasteiger partial charge in [-0.2, -0.15) is 0 Å². The zero-order chi connectivity index (χ0) is 15.0. The third-order valence-electron chi connectivity index (χ3n) is 3.23. The summed E-state index contributed by atoms with van der Waals surface area (Å²) in [6.07, 6.45) is 0. The molecule has 0 saturated heterocycles. The van der Waals surface area contributed by atoms with Crippen molar-refractivity contribution in [1.82, 2.24) is 5.32 Å². The number of rotatable bonds is 9. The van der Waals surface area contributed by atoms with Gasteiger partial charge in [-0.05, 0) is 37.6 Å². The van der Waals surface area contributed by atoms with E-state index in [-0.39, 0.29) is 6.04 Å². The van der Waals surface area contributed by atoms with Crippen LogP contribution in [0.2, 0.25) is 0 Å². The molecular weight excluding hydrogens is 254 g/mol. The van der Waals surface area contributed by atoms with Crippen LogP contribution in [0.5, 0.6) is 5.75 Å². The standard InChI is InChI=1S/C16H27NO3/c1-6-17-14(11-20-8-7-18-4)16-13(3)9-12(2)10-15(16)19-5/h9-10,14,17H,6-8,11H2,1-5H3. The van der Waals surface area contributed by atoms with E-state index in [4.69, 9.17) is 14.2 Å². The number of likely N-dealkylation sites (N-methyl/N-ethyl adjacent to an activating group) is 1. The highest BCUT2D eigenvalue weighted by Crippen LogP contribution is 2.30. The van der Waals surface area contributed by atoms with E-state index in [1.54, 1.807) is 14.2 Å². The second-order valence-electron chi connectivity index (χ2n) is 4.88. The molecule has 0 fully saturated rings. The Morgan fingerprint density at radius 1 is 1.15 bits per heavy atom. The first-order chi connectivity index (χ1) is 9.63. The van der Waals surface area contributed by atoms with Crippen LogP contribution >= 0.6 is 0 Å². The molecule has 4 nitrogen and oxygen atoms in total. The lowest BCUT2D eigenvalue weighted by Crippen LogP contribution is -2.27. The molecule has 4 heteroatoms. The van der Waals surface area contributed by atoms with E-state index < -0.39 is 0 Å². The van der Waals surface area contributed by atoms with Crippen molar-refractivity contribution in [3.8, 4) is 5.75 Å². The van der Waals surface area contributed by atoms with Crippen LogP contribution in [-0.2, 0) is 9.47 Å². The van der Waals surface area contributed by atoms with Crippen LogP contribution in [0.4, 0.5) is 0 Å². The van der Waals surface area contributed by atoms with Crippen LogP contribution in [0.15, 0.2) is 12.1 Å². The maximum Gasteiger partial charge on any atom is 0.124 e. The highest BCUT2D eigenvalue weighted by molar-refractivity contribution is 5.45. The normalized spacial score (nSPS) is 12.4. The molecule has 0 amide bonds. The predicted octanol–water partition coefficient (Wildman–Crippen LogP) is 2.63. The fourth-order valence-electron chi connectivity index (χ4n) is 2.39. The van der Waals surface area contributed by atoms with Gasteiger partial charge in [0.2, 0.25) is 0 Å². The van der Waals surface area contributed by atoms with Gasteiger partial charge in [-0.15, -0.1) is 0 Å². The van der Waals surface area contributed by atoms with Gasteiger partial charge in [0.15, 0.2) is 0 Å². The Bertz CT molecular complexity index is 407. The van der Waals surface area contributed by atoms with Crippen LogP contribution < -0.4 is 10.1 Å². The molecule has 1 unspecified atom stereocenters. The third kappa shape index (κ3) is 4.78. The first-order valence-corrected chi connectivity index (χ1v) is 7.09. The van der Waals surface area contributed by atoms with Crippen molar-refractivity contribution in [2.24, 2.45) is 0 Å². The number of aryl methyl sites for hydroxylation is 2. The average Bonchev–Trinajstić information content (AvgIpc) is 2.42. The Morgan fingerprint density at radius 2 is 1.90 bits per heavy atom. The van der Waals surface area contributed by atoms with Crippen LogP contribution in [0.25, 0.3) is 0 Å². The molecule has 0 heterocycles. The number of nitrogens with one attached hydrogen (secondary N) is 1. The van der Waals surface area contributed by atoms with Gasteiger partial charge >= 0.3 is 0 Å². The second kappa shape index (κ2) is 8.95. The van der Waals surface area contributed by atoms with Gasteiger partial charge in [-0.3, -0.25) is 0 Å². The topological polar surface area (TPSA) is 39.7 Å². The smallest absolute Gasteiger partial charge is 0.124 e. The molecule has 1 atom stereocenters. The average molecular weight is 281 g/mol. The summed E-state index contributed by atoms with van der Waals surface area (Å²) in [6.45, 7) is 9.00. The maximum absolute atomic E-state index is 5.68. The zero-order valence-electron chi connectivity index (χ0n) is 13.3. The second-order valence-corrected chi connectivity index (χ2v) is 4.88. The zero-order valence-corrected chi connectivity index (χ0v) is 13.3. The first kappa shape index (κ1) is 17.0. The lowest BCUT2D eigenvalue weighted by atomic mass is 9.98. The van der Waals surface area contributed by atoms with Crippen molar-refractivity contribution < 1.29 is 14.2 Å². The number of benzene rings is 1. The fraction of sp³-hybridized carbons (Fsp3) is 0.625. The van der Waals surface area contributed by atoms with Gasteiger partial charge in [0.1, 0.15) is 5.75 Å². The summed E-state index contributed by atoms with van der Waals surface area (Å²) >= 11 is 0. The Hall–Kier alpha value is -1.10. The monoisotopic (exact) mass is 281 g/mol. The molecule has 1 N–H and O–H groups in total. The van der Waals surface area contributed by atoms with Crippen molar-refractivity contribution in [1.29, 1.82) is 0 Å². The van der Waals surface area contributed by atoms with E-state index in [1.807, 2.05) is 0 Å². The Morgan fingerprint density at radius 3 is 2.50 bits per heavy atom. The van der Waals surface area contributed by atoms with E-state index in [9.17, 15) is 0 Å². The molecule has 20 heavy (non-hydrogen) atoms. The minimum Gasteiger partial charge on any atom is -0.496 e. The van der Waals surface area contributed by atoms with Gasteiger partial charge < -0.3 is 19.5 Å². The van der Waals surface area contributed by atoms with Gasteiger partial charge in [0, 0.05) is 12.7 Å². The third-order valence-corrected chi connectivity index (χ3v) is 3.23. The number of hydrogen-bond acceptors (Lipinski definition) is 4. The molecule has 0 bridgehead atoms. The summed E-state index contributed by atoms with van der Waals surface area (Å²) in [5.74, 6) is 0.920. The van der Waals surface area contributed by atoms with Gasteiger partial charge in [-0.1, -0.05) is 13.0 Å². The molecule has 114 valence electrons. The molecule has 0 saturated carbocycles. The molecule has 0 aromatic heterocycles. The quantitative estimate of drug-likeness (QED) is 0.706. The lowest BCUT2D eigenvalue weighted by Gasteiger charge is -2.23. The summed E-state index contributed by atoms with van der Waals surface area (Å²) in [5, 5.41) is 3.47. The Balaban J connectivity index is 2.89. The van der Waals surface area contributed by atoms with Crippen molar-refractivity contribution in [2.45, 2.75) is 26.8 Å². The van der Waals surface area contributed by atoms with E-state index in [1.165, 1.54) is 16.7 Å². The highest BCUT2D eigenvalue weighted by Gasteiger charge is 2.18. The van der Waals surface area contributed by atoms with Gasteiger partial charge in [0.25, 0.3) is 0 Å². The molecule has 1 aromatic rings. The molecular formula is C16H27NO3. The number of ether oxygens (including phenoxy) is 3. The Kier molecular flexibility index (Phi) is 7.59. The lowest BCUT2D eigenvalue weighted by molar-refractivity contribution is 0.0584. The highest BCUT2D eigenvalue weighted by atomic mass is 16.5. The van der Waals surface area contributed by atoms with Crippen molar-refractivity contribution in [3.05, 3.63) is 28.8 Å². The summed E-state index contributed by atoms with van der Waals surface area (Å²) in [4.78, 5) is 0.